The van der Waals surface area contributed by atoms with Crippen molar-refractivity contribution in [2.75, 3.05) is 0 Å². The fourth-order valence-corrected chi connectivity index (χ4v) is 3.39. The highest BCUT2D eigenvalue weighted by Crippen LogP contribution is 2.15. The van der Waals surface area contributed by atoms with Crippen LogP contribution in [0.1, 0.15) is 17.0 Å². The van der Waals surface area contributed by atoms with E-state index in [9.17, 15) is 4.79 Å². The third-order valence-corrected chi connectivity index (χ3v) is 4.91. The van der Waals surface area contributed by atoms with Gasteiger partial charge in [-0.1, -0.05) is 36.4 Å². The molecule has 0 spiro atoms. The van der Waals surface area contributed by atoms with Crippen molar-refractivity contribution in [3.8, 4) is 0 Å². The zero-order valence-corrected chi connectivity index (χ0v) is 16.6. The second kappa shape index (κ2) is 7.84. The van der Waals surface area contributed by atoms with Crippen molar-refractivity contribution in [3.63, 3.8) is 0 Å². The maximum Gasteiger partial charge on any atom is 0.261 e. The van der Waals surface area contributed by atoms with Gasteiger partial charge in [0.05, 0.1) is 17.4 Å². The van der Waals surface area contributed by atoms with Crippen LogP contribution in [0.3, 0.4) is 0 Å². The first kappa shape index (κ1) is 17.6. The van der Waals surface area contributed by atoms with Gasteiger partial charge in [-0.2, -0.15) is 0 Å². The van der Waals surface area contributed by atoms with Crippen LogP contribution in [0.5, 0.6) is 0 Å². The van der Waals surface area contributed by atoms with Gasteiger partial charge >= 0.3 is 0 Å². The molecule has 0 bridgehead atoms. The van der Waals surface area contributed by atoms with E-state index in [1.54, 1.807) is 17.0 Å². The predicted octanol–water partition coefficient (Wildman–Crippen LogP) is 4.61. The molecule has 0 aliphatic heterocycles. The molecule has 0 saturated heterocycles. The van der Waals surface area contributed by atoms with Crippen molar-refractivity contribution in [3.05, 3.63) is 104 Å². The van der Waals surface area contributed by atoms with E-state index in [-0.39, 0.29) is 5.56 Å². The summed E-state index contributed by atoms with van der Waals surface area (Å²) in [4.78, 5) is 22.1. The van der Waals surface area contributed by atoms with Gasteiger partial charge < -0.3 is 0 Å². The van der Waals surface area contributed by atoms with Crippen LogP contribution in [0.2, 0.25) is 0 Å². The average Bonchev–Trinajstić information content (AvgIpc) is 2.71. The van der Waals surface area contributed by atoms with Gasteiger partial charge in [0.2, 0.25) is 0 Å². The molecule has 0 fully saturated rings. The Morgan fingerprint density at radius 1 is 1.00 bits per heavy atom. The second-order valence-corrected chi connectivity index (χ2v) is 7.37. The minimum absolute atomic E-state index is 0.0341. The van der Waals surface area contributed by atoms with Crippen LogP contribution in [0.15, 0.2) is 77.9 Å². The van der Waals surface area contributed by atoms with Gasteiger partial charge in [0.1, 0.15) is 5.82 Å². The number of aromatic nitrogens is 3. The van der Waals surface area contributed by atoms with Gasteiger partial charge in [0.25, 0.3) is 5.56 Å². The maximum absolute atomic E-state index is 13.2. The number of nitrogens with zero attached hydrogens (tertiary/aromatic N) is 3. The van der Waals surface area contributed by atoms with Crippen molar-refractivity contribution in [2.45, 2.75) is 6.54 Å². The molecular formula is C22H16IN3O. The Labute approximate surface area is 170 Å². The zero-order valence-electron chi connectivity index (χ0n) is 14.4. The summed E-state index contributed by atoms with van der Waals surface area (Å²) < 4.78 is 2.74. The molecule has 0 amide bonds. The Hall–Kier alpha value is -2.80. The summed E-state index contributed by atoms with van der Waals surface area (Å²) in [7, 11) is 0. The van der Waals surface area contributed by atoms with E-state index in [1.165, 1.54) is 0 Å². The van der Waals surface area contributed by atoms with Crippen LogP contribution in [-0.4, -0.2) is 14.5 Å². The lowest BCUT2D eigenvalue weighted by Gasteiger charge is -2.12. The highest BCUT2D eigenvalue weighted by atomic mass is 127. The summed E-state index contributed by atoms with van der Waals surface area (Å²) in [6.07, 6.45) is 7.31. The molecule has 0 radical (unpaired) electrons. The summed E-state index contributed by atoms with van der Waals surface area (Å²) in [6.45, 7) is 0.473. The highest BCUT2D eigenvalue weighted by Gasteiger charge is 2.10. The first-order chi connectivity index (χ1) is 13.2. The molecule has 0 N–H and O–H groups in total. The van der Waals surface area contributed by atoms with E-state index < -0.39 is 0 Å². The van der Waals surface area contributed by atoms with Crippen molar-refractivity contribution in [1.82, 2.24) is 14.5 Å². The van der Waals surface area contributed by atoms with Crippen LogP contribution < -0.4 is 5.56 Å². The fraction of sp³-hybridized carbons (Fsp3) is 0.0455. The summed E-state index contributed by atoms with van der Waals surface area (Å²) in [6, 6.07) is 19.5. The largest absolute Gasteiger partial charge is 0.288 e. The summed E-state index contributed by atoms with van der Waals surface area (Å²) in [5, 5.41) is 0.636. The maximum atomic E-state index is 13.2. The summed E-state index contributed by atoms with van der Waals surface area (Å²) in [5.41, 5.74) is 2.69. The minimum atomic E-state index is -0.0341. The number of hydrogen-bond donors (Lipinski definition) is 0. The number of benzene rings is 2. The number of pyridine rings is 1. The Morgan fingerprint density at radius 3 is 2.63 bits per heavy atom. The van der Waals surface area contributed by atoms with E-state index in [0.717, 1.165) is 14.7 Å². The first-order valence-electron chi connectivity index (χ1n) is 8.53. The van der Waals surface area contributed by atoms with Gasteiger partial charge in [-0.05, 0) is 70.1 Å². The molecule has 0 saturated carbocycles. The number of hydrogen-bond acceptors (Lipinski definition) is 3. The molecule has 0 aliphatic carbocycles. The molecule has 4 rings (SSSR count). The third-order valence-electron chi connectivity index (χ3n) is 4.24. The molecule has 2 aromatic carbocycles. The Kier molecular flexibility index (Phi) is 5.11. The molecule has 4 aromatic rings. The summed E-state index contributed by atoms with van der Waals surface area (Å²) in [5.74, 6) is 0.626. The molecule has 2 heterocycles. The first-order valence-corrected chi connectivity index (χ1v) is 9.61. The average molecular weight is 465 g/mol. The minimum Gasteiger partial charge on any atom is -0.288 e. The van der Waals surface area contributed by atoms with E-state index in [4.69, 9.17) is 4.98 Å². The standard InChI is InChI=1S/C22H16IN3O/c23-18-9-10-20-19(13-18)22(27)26(15-17-5-2-1-3-6-17)21(25-20)11-8-16-7-4-12-24-14-16/h1-14H,15H2/b11-8+. The highest BCUT2D eigenvalue weighted by molar-refractivity contribution is 14.1. The molecule has 4 nitrogen and oxygen atoms in total. The molecule has 27 heavy (non-hydrogen) atoms. The second-order valence-electron chi connectivity index (χ2n) is 6.13. The van der Waals surface area contributed by atoms with Gasteiger partial charge in [-0.3, -0.25) is 14.3 Å². The predicted molar refractivity (Wildman–Crippen MR) is 117 cm³/mol. The van der Waals surface area contributed by atoms with Crippen LogP contribution in [0.25, 0.3) is 23.1 Å². The van der Waals surface area contributed by atoms with Crippen LogP contribution in [-0.2, 0) is 6.54 Å². The number of fused-ring (bicyclic) bond motifs is 1. The van der Waals surface area contributed by atoms with Crippen LogP contribution in [0.4, 0.5) is 0 Å². The van der Waals surface area contributed by atoms with Gasteiger partial charge in [-0.15, -0.1) is 0 Å². The molecule has 5 heteroatoms. The van der Waals surface area contributed by atoms with Gasteiger partial charge in [0.15, 0.2) is 0 Å². The Bertz CT molecular complexity index is 1170. The Morgan fingerprint density at radius 2 is 1.85 bits per heavy atom. The van der Waals surface area contributed by atoms with Crippen molar-refractivity contribution in [2.24, 2.45) is 0 Å². The van der Waals surface area contributed by atoms with Crippen LogP contribution in [0, 0.1) is 3.57 Å². The van der Waals surface area contributed by atoms with Crippen molar-refractivity contribution < 1.29 is 0 Å². The van der Waals surface area contributed by atoms with Crippen LogP contribution >= 0.6 is 22.6 Å². The lowest BCUT2D eigenvalue weighted by Crippen LogP contribution is -2.24. The Balaban J connectivity index is 1.87. The molecule has 0 atom stereocenters. The smallest absolute Gasteiger partial charge is 0.261 e. The fourth-order valence-electron chi connectivity index (χ4n) is 2.90. The van der Waals surface area contributed by atoms with Crippen molar-refractivity contribution in [1.29, 1.82) is 0 Å². The topological polar surface area (TPSA) is 47.8 Å². The van der Waals surface area contributed by atoms with E-state index in [0.29, 0.717) is 23.3 Å². The van der Waals surface area contributed by atoms with E-state index in [2.05, 4.69) is 27.6 Å². The number of rotatable bonds is 4. The van der Waals surface area contributed by atoms with E-state index in [1.807, 2.05) is 72.8 Å². The molecular weight excluding hydrogens is 449 g/mol. The number of halogens is 1. The zero-order chi connectivity index (χ0) is 18.6. The monoisotopic (exact) mass is 465 g/mol. The van der Waals surface area contributed by atoms with Crippen molar-refractivity contribution >= 4 is 45.6 Å². The third kappa shape index (κ3) is 3.98. The van der Waals surface area contributed by atoms with E-state index >= 15 is 0 Å². The normalized spacial score (nSPS) is 11.3. The summed E-state index contributed by atoms with van der Waals surface area (Å²) >= 11 is 2.22. The lowest BCUT2D eigenvalue weighted by atomic mass is 10.2. The molecule has 132 valence electrons. The van der Waals surface area contributed by atoms with Gasteiger partial charge in [-0.25, -0.2) is 4.98 Å². The quantitative estimate of drug-likeness (QED) is 0.414. The molecule has 0 unspecified atom stereocenters. The molecule has 2 aromatic heterocycles. The lowest BCUT2D eigenvalue weighted by molar-refractivity contribution is 0.738. The van der Waals surface area contributed by atoms with Gasteiger partial charge in [0, 0.05) is 16.0 Å². The molecule has 0 aliphatic rings. The SMILES string of the molecule is O=c1c2cc(I)ccc2nc(/C=C/c2cccnc2)n1Cc1ccccc1.